The van der Waals surface area contributed by atoms with Crippen molar-refractivity contribution >= 4 is 22.9 Å². The zero-order chi connectivity index (χ0) is 22.3. The highest BCUT2D eigenvalue weighted by Crippen LogP contribution is 2.22. The molecule has 4 rings (SSSR count). The number of hydrogen-bond donors (Lipinski definition) is 0. The van der Waals surface area contributed by atoms with Crippen molar-refractivity contribution in [3.8, 4) is 10.7 Å². The lowest BCUT2D eigenvalue weighted by molar-refractivity contribution is 0.0615. The Morgan fingerprint density at radius 3 is 2.56 bits per heavy atom. The van der Waals surface area contributed by atoms with Crippen molar-refractivity contribution in [2.24, 2.45) is 0 Å². The van der Waals surface area contributed by atoms with Gasteiger partial charge in [0.2, 0.25) is 11.7 Å². The van der Waals surface area contributed by atoms with E-state index in [4.69, 9.17) is 4.52 Å². The smallest absolute Gasteiger partial charge is 0.253 e. The number of benzene rings is 1. The summed E-state index contributed by atoms with van der Waals surface area (Å²) >= 11 is 1.60. The van der Waals surface area contributed by atoms with Crippen molar-refractivity contribution < 1.29 is 9.32 Å². The molecule has 1 saturated heterocycles. The highest BCUT2D eigenvalue weighted by molar-refractivity contribution is 7.13. The molecule has 0 saturated carbocycles. The van der Waals surface area contributed by atoms with Crippen molar-refractivity contribution in [1.82, 2.24) is 19.9 Å². The van der Waals surface area contributed by atoms with Crippen molar-refractivity contribution in [3.05, 3.63) is 53.2 Å². The van der Waals surface area contributed by atoms with Crippen LogP contribution >= 0.6 is 11.3 Å². The van der Waals surface area contributed by atoms with Crippen molar-refractivity contribution in [2.75, 3.05) is 44.2 Å². The standard InChI is InChI=1S/C24H31N5O2S/c1-3-5-12-28(4-2)20-10-8-19(9-11-20)24(30)29-15-13-27(14-16-29)18-22-25-23(26-31-22)21-7-6-17-32-21/h6-11,17H,3-5,12-16,18H2,1-2H3. The number of rotatable bonds is 9. The number of unbranched alkanes of at least 4 members (excludes halogenated alkanes) is 1. The minimum atomic E-state index is 0.102. The second kappa shape index (κ2) is 10.7. The number of carbonyl (C=O) groups excluding carboxylic acids is 1. The van der Waals surface area contributed by atoms with E-state index in [1.54, 1.807) is 11.3 Å². The number of aromatic nitrogens is 2. The van der Waals surface area contributed by atoms with Crippen LogP contribution in [-0.4, -0.2) is 65.1 Å². The van der Waals surface area contributed by atoms with Gasteiger partial charge in [0.25, 0.3) is 5.91 Å². The van der Waals surface area contributed by atoms with Gasteiger partial charge in [0.05, 0.1) is 11.4 Å². The molecule has 3 heterocycles. The van der Waals surface area contributed by atoms with Gasteiger partial charge in [0.1, 0.15) is 0 Å². The maximum atomic E-state index is 13.0. The first-order valence-corrected chi connectivity index (χ1v) is 12.3. The van der Waals surface area contributed by atoms with Crippen LogP contribution in [-0.2, 0) is 6.54 Å². The van der Waals surface area contributed by atoms with E-state index in [1.165, 1.54) is 18.5 Å². The van der Waals surface area contributed by atoms with Crippen LogP contribution in [0.2, 0.25) is 0 Å². The zero-order valence-electron chi connectivity index (χ0n) is 18.9. The summed E-state index contributed by atoms with van der Waals surface area (Å²) in [4.78, 5) is 25.0. The lowest BCUT2D eigenvalue weighted by atomic mass is 10.1. The highest BCUT2D eigenvalue weighted by atomic mass is 32.1. The van der Waals surface area contributed by atoms with E-state index in [9.17, 15) is 4.79 Å². The summed E-state index contributed by atoms with van der Waals surface area (Å²) < 4.78 is 5.42. The van der Waals surface area contributed by atoms with Gasteiger partial charge in [-0.05, 0) is 49.1 Å². The Labute approximate surface area is 193 Å². The summed E-state index contributed by atoms with van der Waals surface area (Å²) in [5.41, 5.74) is 1.94. The summed E-state index contributed by atoms with van der Waals surface area (Å²) in [7, 11) is 0. The lowest BCUT2D eigenvalue weighted by Crippen LogP contribution is -2.48. The van der Waals surface area contributed by atoms with E-state index in [2.05, 4.69) is 45.9 Å². The summed E-state index contributed by atoms with van der Waals surface area (Å²) in [6.07, 6.45) is 2.36. The first-order chi connectivity index (χ1) is 15.7. The van der Waals surface area contributed by atoms with Crippen LogP contribution in [0.1, 0.15) is 42.9 Å². The Kier molecular flexibility index (Phi) is 7.55. The molecule has 0 unspecified atom stereocenters. The minimum absolute atomic E-state index is 0.102. The fraction of sp³-hybridized carbons (Fsp3) is 0.458. The summed E-state index contributed by atoms with van der Waals surface area (Å²) in [6.45, 7) is 10.0. The molecule has 0 N–H and O–H groups in total. The first kappa shape index (κ1) is 22.5. The van der Waals surface area contributed by atoms with Crippen LogP contribution in [0.15, 0.2) is 46.3 Å². The largest absolute Gasteiger partial charge is 0.372 e. The predicted octanol–water partition coefficient (Wildman–Crippen LogP) is 4.38. The van der Waals surface area contributed by atoms with Crippen LogP contribution < -0.4 is 4.90 Å². The number of amides is 1. The molecule has 1 aliphatic rings. The number of thiophene rings is 1. The van der Waals surface area contributed by atoms with E-state index in [-0.39, 0.29) is 5.91 Å². The van der Waals surface area contributed by atoms with Gasteiger partial charge in [0, 0.05) is 50.5 Å². The number of anilines is 1. The van der Waals surface area contributed by atoms with E-state index in [0.717, 1.165) is 36.6 Å². The number of carbonyl (C=O) groups is 1. The predicted molar refractivity (Wildman–Crippen MR) is 128 cm³/mol. The molecule has 0 radical (unpaired) electrons. The van der Waals surface area contributed by atoms with E-state index in [0.29, 0.717) is 31.3 Å². The Bertz CT molecular complexity index is 978. The Balaban J connectivity index is 1.29. The van der Waals surface area contributed by atoms with Crippen LogP contribution in [0.5, 0.6) is 0 Å². The molecule has 8 heteroatoms. The van der Waals surface area contributed by atoms with Crippen LogP contribution in [0.3, 0.4) is 0 Å². The van der Waals surface area contributed by atoms with Crippen LogP contribution in [0.25, 0.3) is 10.7 Å². The third kappa shape index (κ3) is 5.37. The Hall–Kier alpha value is -2.71. The number of hydrogen-bond acceptors (Lipinski definition) is 7. The van der Waals surface area contributed by atoms with Gasteiger partial charge in [-0.2, -0.15) is 4.98 Å². The molecule has 2 aromatic heterocycles. The van der Waals surface area contributed by atoms with Crippen LogP contribution in [0.4, 0.5) is 5.69 Å². The Morgan fingerprint density at radius 1 is 1.12 bits per heavy atom. The monoisotopic (exact) mass is 453 g/mol. The molecule has 0 bridgehead atoms. The number of piperazine rings is 1. The highest BCUT2D eigenvalue weighted by Gasteiger charge is 2.23. The second-order valence-electron chi connectivity index (χ2n) is 8.04. The third-order valence-corrected chi connectivity index (χ3v) is 6.74. The van der Waals surface area contributed by atoms with Crippen molar-refractivity contribution in [2.45, 2.75) is 33.2 Å². The molecule has 0 spiro atoms. The van der Waals surface area contributed by atoms with Gasteiger partial charge in [-0.15, -0.1) is 11.3 Å². The topological polar surface area (TPSA) is 65.7 Å². The Morgan fingerprint density at radius 2 is 1.91 bits per heavy atom. The number of nitrogens with zero attached hydrogens (tertiary/aromatic N) is 5. The molecule has 1 fully saturated rings. The normalized spacial score (nSPS) is 14.6. The fourth-order valence-corrected chi connectivity index (χ4v) is 4.59. The molecule has 170 valence electrons. The van der Waals surface area contributed by atoms with E-state index < -0.39 is 0 Å². The molecular formula is C24H31N5O2S. The van der Waals surface area contributed by atoms with E-state index in [1.807, 2.05) is 34.5 Å². The molecule has 32 heavy (non-hydrogen) atoms. The van der Waals surface area contributed by atoms with Gasteiger partial charge in [0.15, 0.2) is 0 Å². The molecular weight excluding hydrogens is 422 g/mol. The molecule has 1 amide bonds. The second-order valence-corrected chi connectivity index (χ2v) is 8.99. The maximum Gasteiger partial charge on any atom is 0.253 e. The molecule has 1 aliphatic heterocycles. The van der Waals surface area contributed by atoms with Gasteiger partial charge in [-0.3, -0.25) is 9.69 Å². The average molecular weight is 454 g/mol. The zero-order valence-corrected chi connectivity index (χ0v) is 19.7. The lowest BCUT2D eigenvalue weighted by Gasteiger charge is -2.34. The summed E-state index contributed by atoms with van der Waals surface area (Å²) in [5, 5.41) is 6.08. The van der Waals surface area contributed by atoms with Gasteiger partial charge in [-0.1, -0.05) is 24.6 Å². The van der Waals surface area contributed by atoms with Crippen molar-refractivity contribution in [1.29, 1.82) is 0 Å². The fourth-order valence-electron chi connectivity index (χ4n) is 3.94. The average Bonchev–Trinajstić information content (AvgIpc) is 3.52. The minimum Gasteiger partial charge on any atom is -0.372 e. The molecule has 7 nitrogen and oxygen atoms in total. The molecule has 1 aromatic carbocycles. The molecule has 0 atom stereocenters. The molecule has 3 aromatic rings. The summed E-state index contributed by atoms with van der Waals surface area (Å²) in [5.74, 6) is 1.36. The quantitative estimate of drug-likeness (QED) is 0.479. The van der Waals surface area contributed by atoms with Gasteiger partial charge in [-0.25, -0.2) is 0 Å². The van der Waals surface area contributed by atoms with Gasteiger partial charge >= 0.3 is 0 Å². The van der Waals surface area contributed by atoms with Crippen molar-refractivity contribution in [3.63, 3.8) is 0 Å². The SMILES string of the molecule is CCCCN(CC)c1ccc(C(=O)N2CCN(Cc3nc(-c4cccs4)no3)CC2)cc1. The molecule has 0 aliphatic carbocycles. The maximum absolute atomic E-state index is 13.0. The summed E-state index contributed by atoms with van der Waals surface area (Å²) in [6, 6.07) is 12.0. The first-order valence-electron chi connectivity index (χ1n) is 11.4. The van der Waals surface area contributed by atoms with Crippen LogP contribution in [0, 0.1) is 0 Å². The van der Waals surface area contributed by atoms with Gasteiger partial charge < -0.3 is 14.3 Å². The third-order valence-electron chi connectivity index (χ3n) is 5.87. The van der Waals surface area contributed by atoms with E-state index >= 15 is 0 Å².